The summed E-state index contributed by atoms with van der Waals surface area (Å²) in [6.07, 6.45) is -0.0914. The van der Waals surface area contributed by atoms with Crippen LogP contribution in [-0.4, -0.2) is 0 Å². The number of aryl methyl sites for hydroxylation is 1. The maximum absolute atomic E-state index is 6.61. The topological polar surface area (TPSA) is 19.6 Å². The largest absolute Gasteiger partial charge is 0.454 e. The number of benzene rings is 5. The van der Waals surface area contributed by atoms with Crippen LogP contribution >= 0.6 is 0 Å². The Labute approximate surface area is 222 Å². The molecule has 1 unspecified atom stereocenters. The number of furan rings is 1. The Morgan fingerprint density at radius 2 is 1.21 bits per heavy atom. The number of hydrogen-bond donors (Lipinski definition) is 0. The Bertz CT molecular complexity index is 1790. The monoisotopic (exact) mass is 492 g/mol. The average Bonchev–Trinajstić information content (AvgIpc) is 3.49. The van der Waals surface area contributed by atoms with Crippen molar-refractivity contribution in [1.82, 2.24) is 0 Å². The summed E-state index contributed by atoms with van der Waals surface area (Å²) in [6, 6.07) is 44.9. The van der Waals surface area contributed by atoms with Crippen LogP contribution < -0.4 is 9.80 Å². The molecule has 1 aliphatic heterocycles. The summed E-state index contributed by atoms with van der Waals surface area (Å²) in [5.41, 5.74) is 10.1. The summed E-state index contributed by atoms with van der Waals surface area (Å²) < 4.78 is 6.61. The van der Waals surface area contributed by atoms with Crippen molar-refractivity contribution in [2.75, 3.05) is 9.80 Å². The van der Waals surface area contributed by atoms with Crippen molar-refractivity contribution in [2.45, 2.75) is 20.0 Å². The minimum Gasteiger partial charge on any atom is -0.454 e. The van der Waals surface area contributed by atoms with Gasteiger partial charge in [-0.1, -0.05) is 109 Å². The molecule has 0 fully saturated rings. The van der Waals surface area contributed by atoms with E-state index in [-0.39, 0.29) is 6.17 Å². The fourth-order valence-electron chi connectivity index (χ4n) is 5.90. The molecule has 0 N–H and O–H groups in total. The number of rotatable bonds is 4. The fraction of sp³-hybridized carbons (Fsp3) is 0.0857. The van der Waals surface area contributed by atoms with Crippen LogP contribution in [0.1, 0.15) is 29.8 Å². The zero-order chi connectivity index (χ0) is 25.6. The summed E-state index contributed by atoms with van der Waals surface area (Å²) in [4.78, 5) is 4.95. The molecule has 0 radical (unpaired) electrons. The fourth-order valence-corrected chi connectivity index (χ4v) is 5.90. The molecule has 6 aromatic rings. The Kier molecular flexibility index (Phi) is 5.29. The van der Waals surface area contributed by atoms with Crippen LogP contribution in [0.3, 0.4) is 0 Å². The van der Waals surface area contributed by atoms with Crippen LogP contribution in [0.2, 0.25) is 0 Å². The van der Waals surface area contributed by atoms with Gasteiger partial charge in [-0.15, -0.1) is 0 Å². The average molecular weight is 493 g/mol. The second-order valence-corrected chi connectivity index (χ2v) is 9.87. The molecule has 1 atom stereocenters. The molecule has 0 saturated heterocycles. The molecule has 0 saturated carbocycles. The zero-order valence-electron chi connectivity index (χ0n) is 21.5. The van der Waals surface area contributed by atoms with E-state index in [2.05, 4.69) is 145 Å². The maximum Gasteiger partial charge on any atom is 0.159 e. The third-order valence-electron chi connectivity index (χ3n) is 7.58. The molecule has 2 heterocycles. The van der Waals surface area contributed by atoms with Gasteiger partial charge >= 0.3 is 0 Å². The van der Waals surface area contributed by atoms with Gasteiger partial charge in [-0.05, 0) is 48.7 Å². The Hall–Kier alpha value is -4.76. The van der Waals surface area contributed by atoms with Crippen LogP contribution in [-0.2, 0) is 0 Å². The van der Waals surface area contributed by atoms with Crippen LogP contribution in [0.5, 0.6) is 0 Å². The van der Waals surface area contributed by atoms with Crippen LogP contribution in [0.4, 0.5) is 11.4 Å². The first-order chi connectivity index (χ1) is 18.7. The molecule has 0 aliphatic carbocycles. The molecule has 184 valence electrons. The van der Waals surface area contributed by atoms with Gasteiger partial charge in [0.2, 0.25) is 0 Å². The number of nitrogens with zero attached hydrogens (tertiary/aromatic N) is 2. The standard InChI is InChI=1S/C35H28N2O/c1-24-22-23-30-29-20-12-13-21-31(29)38-34(30)32(24)36-25(2)33(26-14-6-3-7-15-26)37(28-18-10-5-11-19-28)35(36)27-16-8-4-9-17-27/h3-23,35H,1-2H3. The molecule has 38 heavy (non-hydrogen) atoms. The number of para-hydroxylation sites is 2. The number of anilines is 2. The van der Waals surface area contributed by atoms with Crippen molar-refractivity contribution >= 4 is 39.0 Å². The minimum atomic E-state index is -0.0914. The normalized spacial score (nSPS) is 15.7. The molecule has 1 aromatic heterocycles. The molecule has 3 nitrogen and oxygen atoms in total. The van der Waals surface area contributed by atoms with Crippen LogP contribution in [0.15, 0.2) is 138 Å². The van der Waals surface area contributed by atoms with Crippen LogP contribution in [0, 0.1) is 6.92 Å². The summed E-state index contributed by atoms with van der Waals surface area (Å²) in [6.45, 7) is 4.42. The van der Waals surface area contributed by atoms with E-state index in [0.29, 0.717) is 0 Å². The summed E-state index contributed by atoms with van der Waals surface area (Å²) in [5, 5.41) is 2.28. The van der Waals surface area contributed by atoms with E-state index in [4.69, 9.17) is 4.42 Å². The predicted molar refractivity (Wildman–Crippen MR) is 158 cm³/mol. The van der Waals surface area contributed by atoms with E-state index in [9.17, 15) is 0 Å². The first-order valence-corrected chi connectivity index (χ1v) is 13.1. The number of allylic oxidation sites excluding steroid dienone is 1. The first-order valence-electron chi connectivity index (χ1n) is 13.1. The molecular formula is C35H28N2O. The molecule has 1 aliphatic rings. The SMILES string of the molecule is CC1=C(c2ccccc2)N(c2ccccc2)C(c2ccccc2)N1c1c(C)ccc2c1oc1ccccc12. The van der Waals surface area contributed by atoms with Gasteiger partial charge in [0.05, 0.1) is 11.4 Å². The van der Waals surface area contributed by atoms with Gasteiger partial charge in [-0.3, -0.25) is 0 Å². The van der Waals surface area contributed by atoms with Crippen molar-refractivity contribution in [3.8, 4) is 0 Å². The van der Waals surface area contributed by atoms with E-state index in [1.54, 1.807) is 0 Å². The third-order valence-corrected chi connectivity index (χ3v) is 7.58. The number of fused-ring (bicyclic) bond motifs is 3. The van der Waals surface area contributed by atoms with Crippen molar-refractivity contribution in [3.63, 3.8) is 0 Å². The van der Waals surface area contributed by atoms with E-state index >= 15 is 0 Å². The highest BCUT2D eigenvalue weighted by molar-refractivity contribution is 6.10. The molecule has 5 aromatic carbocycles. The Balaban J connectivity index is 1.57. The minimum absolute atomic E-state index is 0.0914. The summed E-state index contributed by atoms with van der Waals surface area (Å²) in [7, 11) is 0. The first kappa shape index (κ1) is 22.4. The molecule has 0 amide bonds. The Morgan fingerprint density at radius 3 is 1.95 bits per heavy atom. The predicted octanol–water partition coefficient (Wildman–Crippen LogP) is 9.31. The van der Waals surface area contributed by atoms with Gasteiger partial charge in [-0.25, -0.2) is 0 Å². The van der Waals surface area contributed by atoms with E-state index in [1.807, 2.05) is 6.07 Å². The van der Waals surface area contributed by atoms with Gasteiger partial charge in [0.25, 0.3) is 0 Å². The van der Waals surface area contributed by atoms with Gasteiger partial charge < -0.3 is 14.2 Å². The lowest BCUT2D eigenvalue weighted by Crippen LogP contribution is -2.33. The van der Waals surface area contributed by atoms with E-state index in [1.165, 1.54) is 28.1 Å². The number of hydrogen-bond acceptors (Lipinski definition) is 3. The second kappa shape index (κ2) is 8.97. The lowest BCUT2D eigenvalue weighted by atomic mass is 10.0. The van der Waals surface area contributed by atoms with Gasteiger partial charge in [0, 0.05) is 22.2 Å². The zero-order valence-corrected chi connectivity index (χ0v) is 21.5. The smallest absolute Gasteiger partial charge is 0.159 e. The molecule has 7 rings (SSSR count). The molecule has 0 spiro atoms. The second-order valence-electron chi connectivity index (χ2n) is 9.87. The molecular weight excluding hydrogens is 464 g/mol. The van der Waals surface area contributed by atoms with Crippen LogP contribution in [0.25, 0.3) is 27.6 Å². The summed E-state index contributed by atoms with van der Waals surface area (Å²) in [5.74, 6) is 0. The maximum atomic E-state index is 6.61. The quantitative estimate of drug-likeness (QED) is 0.244. The van der Waals surface area contributed by atoms with E-state index in [0.717, 1.165) is 33.3 Å². The van der Waals surface area contributed by atoms with E-state index < -0.39 is 0 Å². The highest BCUT2D eigenvalue weighted by Crippen LogP contribution is 2.51. The van der Waals surface area contributed by atoms with Crippen molar-refractivity contribution < 1.29 is 4.42 Å². The molecule has 3 heteroatoms. The van der Waals surface area contributed by atoms with Gasteiger partial charge in [0.1, 0.15) is 11.7 Å². The van der Waals surface area contributed by atoms with Crippen molar-refractivity contribution in [1.29, 1.82) is 0 Å². The lowest BCUT2D eigenvalue weighted by molar-refractivity contribution is 0.658. The lowest BCUT2D eigenvalue weighted by Gasteiger charge is -2.36. The summed E-state index contributed by atoms with van der Waals surface area (Å²) >= 11 is 0. The van der Waals surface area contributed by atoms with Gasteiger partial charge in [0.15, 0.2) is 5.58 Å². The third kappa shape index (κ3) is 3.43. The van der Waals surface area contributed by atoms with Gasteiger partial charge in [-0.2, -0.15) is 0 Å². The highest BCUT2D eigenvalue weighted by atomic mass is 16.3. The molecule has 0 bridgehead atoms. The van der Waals surface area contributed by atoms with Crippen molar-refractivity contribution in [2.24, 2.45) is 0 Å². The van der Waals surface area contributed by atoms with Crippen molar-refractivity contribution in [3.05, 3.63) is 150 Å². The Morgan fingerprint density at radius 1 is 0.579 bits per heavy atom. The highest BCUT2D eigenvalue weighted by Gasteiger charge is 2.41.